The van der Waals surface area contributed by atoms with Crippen LogP contribution < -0.4 is 10.1 Å². The summed E-state index contributed by atoms with van der Waals surface area (Å²) in [5.41, 5.74) is 0.859. The first-order chi connectivity index (χ1) is 7.02. The van der Waals surface area contributed by atoms with Gasteiger partial charge in [0.1, 0.15) is 0 Å². The van der Waals surface area contributed by atoms with E-state index >= 15 is 0 Å². The summed E-state index contributed by atoms with van der Waals surface area (Å²) in [6, 6.07) is 3.25. The molecule has 15 heavy (non-hydrogen) atoms. The predicted molar refractivity (Wildman–Crippen MR) is 61.4 cm³/mol. The fraction of sp³-hybridized carbons (Fsp3) is 0.455. The zero-order chi connectivity index (χ0) is 11.1. The minimum atomic E-state index is -0.316. The Morgan fingerprint density at radius 3 is 2.87 bits per heavy atom. The van der Waals surface area contributed by atoms with Gasteiger partial charge in [-0.3, -0.25) is 0 Å². The van der Waals surface area contributed by atoms with Gasteiger partial charge in [0.2, 0.25) is 0 Å². The van der Waals surface area contributed by atoms with E-state index in [9.17, 15) is 4.39 Å². The quantitative estimate of drug-likeness (QED) is 0.796. The topological polar surface area (TPSA) is 21.3 Å². The first-order valence-corrected chi connectivity index (χ1v) is 5.64. The maximum atomic E-state index is 13.4. The van der Waals surface area contributed by atoms with Gasteiger partial charge < -0.3 is 10.1 Å². The van der Waals surface area contributed by atoms with Crippen LogP contribution >= 0.6 is 11.8 Å². The van der Waals surface area contributed by atoms with Gasteiger partial charge in [-0.1, -0.05) is 0 Å². The number of benzene rings is 1. The Labute approximate surface area is 93.2 Å². The Balaban J connectivity index is 2.42. The van der Waals surface area contributed by atoms with E-state index in [1.165, 1.54) is 13.2 Å². The zero-order valence-electron chi connectivity index (χ0n) is 9.06. The third-order valence-corrected chi connectivity index (χ3v) is 3.60. The summed E-state index contributed by atoms with van der Waals surface area (Å²) >= 11 is 1.74. The van der Waals surface area contributed by atoms with E-state index in [4.69, 9.17) is 4.74 Å². The molecule has 0 unspecified atom stereocenters. The lowest BCUT2D eigenvalue weighted by Gasteiger charge is -2.31. The average molecular weight is 227 g/mol. The Morgan fingerprint density at radius 2 is 2.20 bits per heavy atom. The van der Waals surface area contributed by atoms with E-state index in [0.29, 0.717) is 5.75 Å². The second kappa shape index (κ2) is 3.59. The molecule has 1 aromatic carbocycles. The van der Waals surface area contributed by atoms with Gasteiger partial charge in [-0.25, -0.2) is 4.39 Å². The molecule has 0 aromatic heterocycles. The monoisotopic (exact) mass is 227 g/mol. The van der Waals surface area contributed by atoms with Crippen LogP contribution in [-0.4, -0.2) is 18.4 Å². The van der Waals surface area contributed by atoms with Gasteiger partial charge in [0.05, 0.1) is 12.8 Å². The first kappa shape index (κ1) is 10.6. The summed E-state index contributed by atoms with van der Waals surface area (Å²) < 4.78 is 18.5. The molecule has 0 saturated heterocycles. The Kier molecular flexibility index (Phi) is 2.54. The van der Waals surface area contributed by atoms with Gasteiger partial charge in [-0.05, 0) is 19.9 Å². The number of methoxy groups -OCH3 is 1. The van der Waals surface area contributed by atoms with Crippen LogP contribution in [0.5, 0.6) is 5.75 Å². The number of halogens is 1. The van der Waals surface area contributed by atoms with Crippen molar-refractivity contribution < 1.29 is 9.13 Å². The predicted octanol–water partition coefficient (Wildman–Crippen LogP) is 3.13. The lowest BCUT2D eigenvalue weighted by molar-refractivity contribution is 0.385. The Morgan fingerprint density at radius 1 is 1.47 bits per heavy atom. The van der Waals surface area contributed by atoms with E-state index in [0.717, 1.165) is 17.1 Å². The number of anilines is 1. The van der Waals surface area contributed by atoms with Crippen molar-refractivity contribution >= 4 is 17.4 Å². The molecule has 0 aliphatic carbocycles. The van der Waals surface area contributed by atoms with E-state index in [1.54, 1.807) is 17.8 Å². The summed E-state index contributed by atoms with van der Waals surface area (Å²) in [6.07, 6.45) is 0. The van der Waals surface area contributed by atoms with E-state index < -0.39 is 0 Å². The van der Waals surface area contributed by atoms with Gasteiger partial charge in [-0.2, -0.15) is 0 Å². The molecule has 0 saturated carbocycles. The van der Waals surface area contributed by atoms with Gasteiger partial charge in [0.25, 0.3) is 0 Å². The van der Waals surface area contributed by atoms with E-state index in [2.05, 4.69) is 19.2 Å². The minimum absolute atomic E-state index is 0.135. The molecule has 0 bridgehead atoms. The van der Waals surface area contributed by atoms with Crippen molar-refractivity contribution in [3.63, 3.8) is 0 Å². The van der Waals surface area contributed by atoms with Crippen LogP contribution in [0.2, 0.25) is 0 Å². The highest BCUT2D eigenvalue weighted by Gasteiger charge is 2.26. The Bertz CT molecular complexity index is 392. The summed E-state index contributed by atoms with van der Waals surface area (Å²) in [7, 11) is 1.48. The number of hydrogen-bond donors (Lipinski definition) is 1. The molecular formula is C11H14FNOS. The van der Waals surface area contributed by atoms with Crippen molar-refractivity contribution in [1.82, 2.24) is 0 Å². The third kappa shape index (κ3) is 2.04. The summed E-state index contributed by atoms with van der Waals surface area (Å²) in [6.45, 7) is 5.16. The zero-order valence-corrected chi connectivity index (χ0v) is 9.87. The lowest BCUT2D eigenvalue weighted by atomic mass is 10.2. The smallest absolute Gasteiger partial charge is 0.167 e. The second-order valence-corrected chi connectivity index (χ2v) is 5.95. The molecule has 1 aliphatic heterocycles. The Hall–Kier alpha value is -0.900. The van der Waals surface area contributed by atoms with Crippen molar-refractivity contribution in [2.24, 2.45) is 0 Å². The van der Waals surface area contributed by atoms with E-state index in [-0.39, 0.29) is 10.6 Å². The maximum absolute atomic E-state index is 13.4. The van der Waals surface area contributed by atoms with Crippen LogP contribution in [0.15, 0.2) is 17.0 Å². The van der Waals surface area contributed by atoms with Crippen LogP contribution in [0.1, 0.15) is 13.8 Å². The normalized spacial score (nSPS) is 17.9. The lowest BCUT2D eigenvalue weighted by Crippen LogP contribution is -2.30. The number of thioether (sulfide) groups is 1. The third-order valence-electron chi connectivity index (χ3n) is 2.34. The van der Waals surface area contributed by atoms with E-state index in [1.807, 2.05) is 0 Å². The van der Waals surface area contributed by atoms with Crippen LogP contribution in [0.4, 0.5) is 10.1 Å². The number of rotatable bonds is 1. The highest BCUT2D eigenvalue weighted by molar-refractivity contribution is 8.00. The van der Waals surface area contributed by atoms with Crippen molar-refractivity contribution in [2.75, 3.05) is 19.0 Å². The van der Waals surface area contributed by atoms with Crippen molar-refractivity contribution in [1.29, 1.82) is 0 Å². The maximum Gasteiger partial charge on any atom is 0.167 e. The molecule has 0 amide bonds. The molecule has 0 radical (unpaired) electrons. The van der Waals surface area contributed by atoms with Gasteiger partial charge in [-0.15, -0.1) is 11.8 Å². The van der Waals surface area contributed by atoms with Crippen molar-refractivity contribution in [2.45, 2.75) is 23.5 Å². The highest BCUT2D eigenvalue weighted by atomic mass is 32.2. The van der Waals surface area contributed by atoms with Gasteiger partial charge in [0, 0.05) is 22.3 Å². The highest BCUT2D eigenvalue weighted by Crippen LogP contribution is 2.43. The summed E-state index contributed by atoms with van der Waals surface area (Å²) in [5.74, 6) is -0.00944. The molecule has 2 rings (SSSR count). The molecule has 1 heterocycles. The van der Waals surface area contributed by atoms with Crippen LogP contribution in [0.25, 0.3) is 0 Å². The SMILES string of the molecule is COc1cc2c(cc1F)NCC(C)(C)S2. The standard InChI is InChI=1S/C11H14FNOS/c1-11(2)6-13-8-4-7(12)9(14-3)5-10(8)15-11/h4-5,13H,6H2,1-3H3. The number of ether oxygens (including phenoxy) is 1. The molecule has 82 valence electrons. The fourth-order valence-electron chi connectivity index (χ4n) is 1.56. The fourth-order valence-corrected chi connectivity index (χ4v) is 2.70. The minimum Gasteiger partial charge on any atom is -0.494 e. The van der Waals surface area contributed by atoms with Crippen LogP contribution in [-0.2, 0) is 0 Å². The van der Waals surface area contributed by atoms with Gasteiger partial charge >= 0.3 is 0 Å². The molecule has 2 nitrogen and oxygen atoms in total. The first-order valence-electron chi connectivity index (χ1n) is 4.82. The number of hydrogen-bond acceptors (Lipinski definition) is 3. The molecule has 0 atom stereocenters. The van der Waals surface area contributed by atoms with Crippen molar-refractivity contribution in [3.8, 4) is 5.75 Å². The molecular weight excluding hydrogens is 213 g/mol. The molecule has 1 aliphatic rings. The molecule has 1 N–H and O–H groups in total. The van der Waals surface area contributed by atoms with Crippen LogP contribution in [0, 0.1) is 5.82 Å². The second-order valence-electron chi connectivity index (χ2n) is 4.20. The number of nitrogens with one attached hydrogen (secondary N) is 1. The average Bonchev–Trinajstić information content (AvgIpc) is 2.17. The number of fused-ring (bicyclic) bond motifs is 1. The largest absolute Gasteiger partial charge is 0.494 e. The molecule has 0 spiro atoms. The molecule has 4 heteroatoms. The summed E-state index contributed by atoms with van der Waals surface area (Å²) in [4.78, 5) is 1.05. The van der Waals surface area contributed by atoms with Crippen LogP contribution in [0.3, 0.4) is 0 Å². The summed E-state index contributed by atoms with van der Waals surface area (Å²) in [5, 5.41) is 3.23. The molecule has 0 fully saturated rings. The van der Waals surface area contributed by atoms with Crippen molar-refractivity contribution in [3.05, 3.63) is 17.9 Å². The van der Waals surface area contributed by atoms with Gasteiger partial charge in [0.15, 0.2) is 11.6 Å². The molecule has 1 aromatic rings.